The lowest BCUT2D eigenvalue weighted by molar-refractivity contribution is 0.173. The first kappa shape index (κ1) is 20.9. The highest BCUT2D eigenvalue weighted by molar-refractivity contribution is 7.57. The van der Waals surface area contributed by atoms with Gasteiger partial charge in [0.05, 0.1) is 7.11 Å². The first-order valence-electron chi connectivity index (χ1n) is 10.4. The van der Waals surface area contributed by atoms with Crippen LogP contribution < -0.4 is 9.82 Å². The monoisotopic (exact) mass is 393 g/mol. The molecule has 0 bridgehead atoms. The van der Waals surface area contributed by atoms with Gasteiger partial charge in [-0.15, -0.1) is 0 Å². The molecule has 1 saturated heterocycles. The smallest absolute Gasteiger partial charge is 0.285 e. The first-order chi connectivity index (χ1) is 12.8. The van der Waals surface area contributed by atoms with Gasteiger partial charge in [0.1, 0.15) is 5.75 Å². The fourth-order valence-corrected chi connectivity index (χ4v) is 8.85. The van der Waals surface area contributed by atoms with Crippen LogP contribution in [-0.2, 0) is 4.57 Å². The van der Waals surface area contributed by atoms with E-state index in [9.17, 15) is 4.57 Å². The zero-order valence-electron chi connectivity index (χ0n) is 17.7. The predicted octanol–water partition coefficient (Wildman–Crippen LogP) is 5.20. The third-order valence-corrected chi connectivity index (χ3v) is 9.52. The molecular formula is C21H36N3O2P. The molecule has 1 N–H and O–H groups in total. The van der Waals surface area contributed by atoms with E-state index in [4.69, 9.17) is 4.74 Å². The number of hydrogen-bond donors (Lipinski definition) is 1. The molecule has 1 saturated carbocycles. The Hall–Kier alpha value is -0.870. The number of nitrogens with one attached hydrogen (secondary N) is 1. The van der Waals surface area contributed by atoms with Crippen LogP contribution in [0.5, 0.6) is 5.75 Å². The van der Waals surface area contributed by atoms with Crippen molar-refractivity contribution in [3.63, 3.8) is 0 Å². The average molecular weight is 394 g/mol. The highest BCUT2D eigenvalue weighted by Crippen LogP contribution is 2.63. The third kappa shape index (κ3) is 3.72. The number of para-hydroxylation sites is 1. The topological polar surface area (TPSA) is 44.8 Å². The largest absolute Gasteiger partial charge is 0.496 e. The van der Waals surface area contributed by atoms with Crippen molar-refractivity contribution < 1.29 is 9.30 Å². The summed E-state index contributed by atoms with van der Waals surface area (Å²) in [6.07, 6.45) is 4.75. The zero-order valence-corrected chi connectivity index (χ0v) is 18.6. The molecule has 3 rings (SSSR count). The Labute approximate surface area is 165 Å². The van der Waals surface area contributed by atoms with Gasteiger partial charge in [0.2, 0.25) is 0 Å². The number of benzene rings is 1. The molecule has 0 unspecified atom stereocenters. The summed E-state index contributed by atoms with van der Waals surface area (Å²) < 4.78 is 24.8. The Morgan fingerprint density at radius 1 is 1.00 bits per heavy atom. The van der Waals surface area contributed by atoms with Crippen molar-refractivity contribution in [3.05, 3.63) is 29.8 Å². The minimum absolute atomic E-state index is 0.0605. The van der Waals surface area contributed by atoms with E-state index >= 15 is 0 Å². The van der Waals surface area contributed by atoms with E-state index in [0.717, 1.165) is 24.2 Å². The molecule has 152 valence electrons. The van der Waals surface area contributed by atoms with Gasteiger partial charge in [-0.3, -0.25) is 4.57 Å². The summed E-state index contributed by atoms with van der Waals surface area (Å²) in [6.45, 7) is 10.8. The SMILES string of the molecule is COc1ccccc1[C@@H](C)NP1(=O)N(C(C)C)[C@@H]2CCCC[C@H]2N1C(C)C. The van der Waals surface area contributed by atoms with Crippen molar-refractivity contribution in [2.75, 3.05) is 7.11 Å². The first-order valence-corrected chi connectivity index (χ1v) is 12.0. The molecular weight excluding hydrogens is 357 g/mol. The summed E-state index contributed by atoms with van der Waals surface area (Å²) in [4.78, 5) is 0. The van der Waals surface area contributed by atoms with Gasteiger partial charge in [-0.1, -0.05) is 31.0 Å². The second-order valence-electron chi connectivity index (χ2n) is 8.50. The van der Waals surface area contributed by atoms with E-state index in [1.165, 1.54) is 12.8 Å². The molecule has 2 aliphatic rings. The number of fused-ring (bicyclic) bond motifs is 1. The quantitative estimate of drug-likeness (QED) is 0.673. The van der Waals surface area contributed by atoms with E-state index in [2.05, 4.69) is 55.1 Å². The van der Waals surface area contributed by atoms with Gasteiger partial charge < -0.3 is 4.74 Å². The summed E-state index contributed by atoms with van der Waals surface area (Å²) in [7, 11) is -1.21. The van der Waals surface area contributed by atoms with E-state index < -0.39 is 7.59 Å². The van der Waals surface area contributed by atoms with Crippen molar-refractivity contribution in [1.82, 2.24) is 14.4 Å². The predicted molar refractivity (Wildman–Crippen MR) is 112 cm³/mol. The van der Waals surface area contributed by atoms with Crippen LogP contribution >= 0.6 is 7.59 Å². The van der Waals surface area contributed by atoms with Crippen LogP contribution in [0.15, 0.2) is 24.3 Å². The van der Waals surface area contributed by atoms with Gasteiger partial charge >= 0.3 is 0 Å². The molecule has 1 aliphatic carbocycles. The second-order valence-corrected chi connectivity index (χ2v) is 10.8. The lowest BCUT2D eigenvalue weighted by Crippen LogP contribution is -2.43. The van der Waals surface area contributed by atoms with Gasteiger partial charge in [0.25, 0.3) is 7.59 Å². The number of methoxy groups -OCH3 is 1. The molecule has 0 spiro atoms. The minimum atomic E-state index is -2.90. The van der Waals surface area contributed by atoms with Gasteiger partial charge in [-0.2, -0.15) is 0 Å². The van der Waals surface area contributed by atoms with Crippen molar-refractivity contribution in [2.24, 2.45) is 0 Å². The maximum atomic E-state index is 14.6. The third-order valence-electron chi connectivity index (χ3n) is 6.02. The summed E-state index contributed by atoms with van der Waals surface area (Å²) >= 11 is 0. The van der Waals surface area contributed by atoms with Crippen molar-refractivity contribution in [1.29, 1.82) is 0 Å². The van der Waals surface area contributed by atoms with E-state index in [0.29, 0.717) is 12.1 Å². The molecule has 0 amide bonds. The lowest BCUT2D eigenvalue weighted by atomic mass is 9.89. The number of ether oxygens (including phenoxy) is 1. The van der Waals surface area contributed by atoms with E-state index in [1.54, 1.807) is 7.11 Å². The molecule has 5 nitrogen and oxygen atoms in total. The fourth-order valence-electron chi connectivity index (χ4n) is 5.10. The summed E-state index contributed by atoms with van der Waals surface area (Å²) in [5, 5.41) is 3.59. The molecule has 6 heteroatoms. The van der Waals surface area contributed by atoms with Crippen LogP contribution in [-0.4, -0.2) is 40.6 Å². The van der Waals surface area contributed by atoms with Crippen LogP contribution in [0.25, 0.3) is 0 Å². The van der Waals surface area contributed by atoms with Crippen LogP contribution in [0.3, 0.4) is 0 Å². The second kappa shape index (κ2) is 8.24. The zero-order chi connectivity index (χ0) is 19.8. The Bertz CT molecular complexity index is 666. The number of hydrogen-bond acceptors (Lipinski definition) is 2. The van der Waals surface area contributed by atoms with Crippen LogP contribution in [0, 0.1) is 0 Å². The molecule has 0 radical (unpaired) electrons. The molecule has 0 aromatic heterocycles. The Morgan fingerprint density at radius 3 is 2.00 bits per heavy atom. The molecule has 1 heterocycles. The standard InChI is InChI=1S/C21H36N3O2P/c1-15(2)23-19-12-8-9-13-20(19)24(16(3)4)27(23,25)22-17(5)18-11-7-10-14-21(18)26-6/h7,10-11,14-17,19-20H,8-9,12-13H2,1-6H3,(H,22,25)/t17-,19-,20-/m1/s1. The normalized spacial score (nSPS) is 27.1. The van der Waals surface area contributed by atoms with Crippen molar-refractivity contribution in [3.8, 4) is 5.75 Å². The van der Waals surface area contributed by atoms with Gasteiger partial charge in [0.15, 0.2) is 0 Å². The van der Waals surface area contributed by atoms with Gasteiger partial charge in [-0.25, -0.2) is 14.4 Å². The molecule has 1 aromatic rings. The van der Waals surface area contributed by atoms with E-state index in [1.807, 2.05) is 18.2 Å². The molecule has 1 aromatic carbocycles. The van der Waals surface area contributed by atoms with Crippen molar-refractivity contribution >= 4 is 7.59 Å². The molecule has 1 aliphatic heterocycles. The Morgan fingerprint density at radius 2 is 1.52 bits per heavy atom. The highest BCUT2D eigenvalue weighted by Gasteiger charge is 2.57. The van der Waals surface area contributed by atoms with Gasteiger partial charge in [-0.05, 0) is 53.5 Å². The summed E-state index contributed by atoms with van der Waals surface area (Å²) in [5.74, 6) is 0.841. The highest BCUT2D eigenvalue weighted by atomic mass is 31.2. The molecule has 27 heavy (non-hydrogen) atoms. The summed E-state index contributed by atoms with van der Waals surface area (Å²) in [6, 6.07) is 9.19. The van der Waals surface area contributed by atoms with Crippen LogP contribution in [0.4, 0.5) is 0 Å². The number of nitrogens with zero attached hydrogens (tertiary/aromatic N) is 2. The number of rotatable bonds is 6. The van der Waals surface area contributed by atoms with Crippen molar-refractivity contribution in [2.45, 2.75) is 90.5 Å². The summed E-state index contributed by atoms with van der Waals surface area (Å²) in [5.41, 5.74) is 1.05. The van der Waals surface area contributed by atoms with Gasteiger partial charge in [0, 0.05) is 35.8 Å². The molecule has 2 fully saturated rings. The maximum Gasteiger partial charge on any atom is 0.285 e. The van der Waals surface area contributed by atoms with Crippen LogP contribution in [0.1, 0.15) is 71.9 Å². The minimum Gasteiger partial charge on any atom is -0.496 e. The Kier molecular flexibility index (Phi) is 6.37. The maximum absolute atomic E-state index is 14.6. The van der Waals surface area contributed by atoms with E-state index in [-0.39, 0.29) is 18.1 Å². The van der Waals surface area contributed by atoms with Crippen LogP contribution in [0.2, 0.25) is 0 Å². The molecule has 3 atom stereocenters. The fraction of sp³-hybridized carbons (Fsp3) is 0.714. The lowest BCUT2D eigenvalue weighted by Gasteiger charge is -2.38. The average Bonchev–Trinajstić information content (AvgIpc) is 2.89. The Balaban J connectivity index is 1.99.